The number of nitrogens with zero attached hydrogens (tertiary/aromatic N) is 2. The first-order valence-electron chi connectivity index (χ1n) is 5.35. The van der Waals surface area contributed by atoms with Crippen LogP contribution in [0.5, 0.6) is 0 Å². The highest BCUT2D eigenvalue weighted by Gasteiger charge is 2.05. The Labute approximate surface area is 88.9 Å². The molecular formula is C12H24N2. The van der Waals surface area contributed by atoms with Crippen LogP contribution in [0, 0.1) is 0 Å². The van der Waals surface area contributed by atoms with E-state index >= 15 is 0 Å². The van der Waals surface area contributed by atoms with Gasteiger partial charge in [0.2, 0.25) is 0 Å². The lowest BCUT2D eigenvalue weighted by molar-refractivity contribution is 0.256. The van der Waals surface area contributed by atoms with Gasteiger partial charge in [0.1, 0.15) is 0 Å². The number of hydrogen-bond acceptors (Lipinski definition) is 2. The molecule has 0 heterocycles. The Hall–Kier alpha value is -0.760. The number of hydrogen-bond donors (Lipinski definition) is 0. The second-order valence-corrected chi connectivity index (χ2v) is 3.56. The highest BCUT2D eigenvalue weighted by Crippen LogP contribution is 1.98. The van der Waals surface area contributed by atoms with Crippen molar-refractivity contribution in [3.05, 3.63) is 24.9 Å². The molecule has 0 fully saturated rings. The maximum atomic E-state index is 3.78. The predicted molar refractivity (Wildman–Crippen MR) is 64.4 cm³/mol. The highest BCUT2D eigenvalue weighted by atomic mass is 15.2. The van der Waals surface area contributed by atoms with E-state index in [-0.39, 0.29) is 0 Å². The van der Waals surface area contributed by atoms with E-state index in [0.717, 1.165) is 19.6 Å². The molecule has 14 heavy (non-hydrogen) atoms. The van der Waals surface area contributed by atoms with E-state index in [9.17, 15) is 0 Å². The van der Waals surface area contributed by atoms with E-state index < -0.39 is 0 Å². The molecule has 0 bridgehead atoms. The number of likely N-dealkylation sites (N-methyl/N-ethyl adjacent to an activating group) is 2. The van der Waals surface area contributed by atoms with Crippen LogP contribution >= 0.6 is 0 Å². The molecule has 0 radical (unpaired) electrons. The van der Waals surface area contributed by atoms with Crippen molar-refractivity contribution in [2.24, 2.45) is 0 Å². The average Bonchev–Trinajstić information content (AvgIpc) is 2.19. The van der Waals surface area contributed by atoms with Crippen molar-refractivity contribution in [3.8, 4) is 0 Å². The zero-order valence-corrected chi connectivity index (χ0v) is 10.0. The first kappa shape index (κ1) is 13.2. The minimum Gasteiger partial charge on any atom is -0.377 e. The van der Waals surface area contributed by atoms with E-state index in [1.165, 1.54) is 0 Å². The second-order valence-electron chi connectivity index (χ2n) is 3.56. The van der Waals surface area contributed by atoms with Crippen LogP contribution in [0.25, 0.3) is 0 Å². The lowest BCUT2D eigenvalue weighted by atomic mass is 10.2. The summed E-state index contributed by atoms with van der Waals surface area (Å²) < 4.78 is 0. The van der Waals surface area contributed by atoms with Crippen molar-refractivity contribution in [1.29, 1.82) is 0 Å². The Morgan fingerprint density at radius 3 is 2.43 bits per heavy atom. The third-order valence-corrected chi connectivity index (χ3v) is 2.57. The van der Waals surface area contributed by atoms with Crippen LogP contribution in [0.1, 0.15) is 20.8 Å². The molecule has 1 unspecified atom stereocenters. The van der Waals surface area contributed by atoms with Crippen molar-refractivity contribution in [2.45, 2.75) is 26.8 Å². The summed E-state index contributed by atoms with van der Waals surface area (Å²) in [6, 6.07) is 0.517. The Kier molecular flexibility index (Phi) is 7.21. The van der Waals surface area contributed by atoms with Gasteiger partial charge in [0.25, 0.3) is 0 Å². The van der Waals surface area contributed by atoms with Gasteiger partial charge in [0, 0.05) is 25.7 Å². The van der Waals surface area contributed by atoms with Gasteiger partial charge in [-0.1, -0.05) is 18.7 Å². The summed E-state index contributed by atoms with van der Waals surface area (Å²) in [5.74, 6) is 0. The summed E-state index contributed by atoms with van der Waals surface area (Å²) in [4.78, 5) is 4.56. The molecule has 0 spiro atoms. The summed E-state index contributed by atoms with van der Waals surface area (Å²) >= 11 is 0. The van der Waals surface area contributed by atoms with Gasteiger partial charge in [-0.15, -0.1) is 0 Å². The summed E-state index contributed by atoms with van der Waals surface area (Å²) in [5.41, 5.74) is 0. The maximum Gasteiger partial charge on any atom is 0.0300 e. The average molecular weight is 196 g/mol. The molecule has 0 saturated carbocycles. The molecule has 0 aliphatic carbocycles. The maximum absolute atomic E-state index is 3.78. The molecule has 0 rings (SSSR count). The normalized spacial score (nSPS) is 13.5. The largest absolute Gasteiger partial charge is 0.377 e. The molecule has 0 aliphatic heterocycles. The first-order valence-corrected chi connectivity index (χ1v) is 5.35. The summed E-state index contributed by atoms with van der Waals surface area (Å²) in [7, 11) is 2.15. The number of rotatable bonds is 7. The van der Waals surface area contributed by atoms with E-state index in [1.54, 1.807) is 0 Å². The van der Waals surface area contributed by atoms with Gasteiger partial charge in [-0.3, -0.25) is 4.90 Å². The number of allylic oxidation sites excluding steroid dienone is 1. The van der Waals surface area contributed by atoms with Crippen LogP contribution in [0.15, 0.2) is 24.9 Å². The smallest absolute Gasteiger partial charge is 0.0300 e. The third kappa shape index (κ3) is 5.07. The van der Waals surface area contributed by atoms with Crippen LogP contribution in [0.4, 0.5) is 0 Å². The minimum absolute atomic E-state index is 0.517. The first-order chi connectivity index (χ1) is 6.65. The minimum atomic E-state index is 0.517. The fourth-order valence-electron chi connectivity index (χ4n) is 1.29. The molecule has 2 nitrogen and oxygen atoms in total. The molecule has 0 amide bonds. The molecule has 0 aromatic carbocycles. The fourth-order valence-corrected chi connectivity index (χ4v) is 1.29. The second kappa shape index (κ2) is 7.63. The van der Waals surface area contributed by atoms with Crippen LogP contribution in [0.3, 0.4) is 0 Å². The molecule has 82 valence electrons. The van der Waals surface area contributed by atoms with E-state index in [0.29, 0.717) is 6.04 Å². The fraction of sp³-hybridized carbons (Fsp3) is 0.667. The van der Waals surface area contributed by atoms with Crippen LogP contribution in [-0.2, 0) is 0 Å². The van der Waals surface area contributed by atoms with Crippen LogP contribution in [0.2, 0.25) is 0 Å². The molecule has 0 aliphatic rings. The zero-order chi connectivity index (χ0) is 11.0. The van der Waals surface area contributed by atoms with Gasteiger partial charge < -0.3 is 4.90 Å². The van der Waals surface area contributed by atoms with E-state index in [2.05, 4.69) is 56.3 Å². The molecular weight excluding hydrogens is 172 g/mol. The Bertz CT molecular complexity index is 175. The van der Waals surface area contributed by atoms with Gasteiger partial charge >= 0.3 is 0 Å². The molecule has 0 N–H and O–H groups in total. The standard InChI is InChI=1S/C12H24N2/c1-6-9-12(4)13(5)10-11-14(7-2)8-3/h6-7,9,12H,2,8,10-11H2,1,3-5H3/b9-6-. The van der Waals surface area contributed by atoms with Gasteiger partial charge in [-0.25, -0.2) is 0 Å². The summed E-state index contributed by atoms with van der Waals surface area (Å²) in [5, 5.41) is 0. The third-order valence-electron chi connectivity index (χ3n) is 2.57. The molecule has 0 aromatic rings. The van der Waals surface area contributed by atoms with E-state index in [4.69, 9.17) is 0 Å². The van der Waals surface area contributed by atoms with Gasteiger partial charge in [-0.05, 0) is 34.0 Å². The van der Waals surface area contributed by atoms with Crippen molar-refractivity contribution in [3.63, 3.8) is 0 Å². The van der Waals surface area contributed by atoms with Gasteiger partial charge in [0.15, 0.2) is 0 Å². The van der Waals surface area contributed by atoms with Crippen molar-refractivity contribution < 1.29 is 0 Å². The highest BCUT2D eigenvalue weighted by molar-refractivity contribution is 4.89. The van der Waals surface area contributed by atoms with Gasteiger partial charge in [-0.2, -0.15) is 0 Å². The topological polar surface area (TPSA) is 6.48 Å². The van der Waals surface area contributed by atoms with Crippen molar-refractivity contribution in [2.75, 3.05) is 26.7 Å². The molecule has 0 saturated heterocycles. The molecule has 0 aromatic heterocycles. The SMILES string of the molecule is C=CN(CC)CCN(C)C(C)/C=C\C. The van der Waals surface area contributed by atoms with E-state index in [1.807, 2.05) is 6.20 Å². The Morgan fingerprint density at radius 1 is 1.36 bits per heavy atom. The van der Waals surface area contributed by atoms with Gasteiger partial charge in [0.05, 0.1) is 0 Å². The lowest BCUT2D eigenvalue weighted by Gasteiger charge is -2.25. The van der Waals surface area contributed by atoms with Crippen molar-refractivity contribution >= 4 is 0 Å². The molecule has 2 heteroatoms. The zero-order valence-electron chi connectivity index (χ0n) is 10.0. The Balaban J connectivity index is 3.82. The monoisotopic (exact) mass is 196 g/mol. The summed E-state index contributed by atoms with van der Waals surface area (Å²) in [6.45, 7) is 13.4. The lowest BCUT2D eigenvalue weighted by Crippen LogP contribution is -2.34. The predicted octanol–water partition coefficient (Wildman–Crippen LogP) is 2.35. The van der Waals surface area contributed by atoms with Crippen LogP contribution in [-0.4, -0.2) is 42.5 Å². The van der Waals surface area contributed by atoms with Crippen LogP contribution < -0.4 is 0 Å². The Morgan fingerprint density at radius 2 is 2.00 bits per heavy atom. The quantitative estimate of drug-likeness (QED) is 0.577. The summed E-state index contributed by atoms with van der Waals surface area (Å²) in [6.07, 6.45) is 6.23. The molecule has 1 atom stereocenters. The van der Waals surface area contributed by atoms with Crippen molar-refractivity contribution in [1.82, 2.24) is 9.80 Å².